The van der Waals surface area contributed by atoms with Crippen molar-refractivity contribution in [3.63, 3.8) is 0 Å². The van der Waals surface area contributed by atoms with Crippen LogP contribution in [0.25, 0.3) is 0 Å². The minimum atomic E-state index is -3.36. The molecule has 116 valence electrons. The van der Waals surface area contributed by atoms with Crippen molar-refractivity contribution in [2.45, 2.75) is 6.92 Å². The average Bonchev–Trinajstić information content (AvgIpc) is 2.54. The maximum Gasteiger partial charge on any atom is 0.258 e. The van der Waals surface area contributed by atoms with Crippen LogP contribution in [-0.4, -0.2) is 27.1 Å². The number of nitrogens with one attached hydrogen (secondary N) is 1. The minimum absolute atomic E-state index is 0.0188. The van der Waals surface area contributed by atoms with Gasteiger partial charge in [0, 0.05) is 24.0 Å². The highest BCUT2D eigenvalue weighted by molar-refractivity contribution is 7.92. The monoisotopic (exact) mass is 318 g/mol. The molecule has 1 amide bonds. The number of benzene rings is 2. The largest absolute Gasteiger partial charge is 0.311 e. The van der Waals surface area contributed by atoms with Crippen molar-refractivity contribution in [2.24, 2.45) is 0 Å². The number of hydrogen-bond acceptors (Lipinski definition) is 3. The van der Waals surface area contributed by atoms with Crippen LogP contribution in [0.4, 0.5) is 11.4 Å². The van der Waals surface area contributed by atoms with Gasteiger partial charge in [-0.1, -0.05) is 24.3 Å². The van der Waals surface area contributed by atoms with Crippen LogP contribution in [0.1, 0.15) is 17.3 Å². The highest BCUT2D eigenvalue weighted by atomic mass is 32.2. The molecule has 0 spiro atoms. The predicted octanol–water partition coefficient (Wildman–Crippen LogP) is 2.72. The van der Waals surface area contributed by atoms with E-state index in [4.69, 9.17) is 0 Å². The van der Waals surface area contributed by atoms with Gasteiger partial charge in [-0.3, -0.25) is 9.52 Å². The Morgan fingerprint density at radius 3 is 2.41 bits per heavy atom. The Morgan fingerprint density at radius 2 is 1.77 bits per heavy atom. The summed E-state index contributed by atoms with van der Waals surface area (Å²) in [7, 11) is -1.68. The number of rotatable bonds is 5. The Balaban J connectivity index is 2.24. The molecule has 0 aliphatic carbocycles. The maximum absolute atomic E-state index is 12.5. The molecule has 0 fully saturated rings. The lowest BCUT2D eigenvalue weighted by molar-refractivity contribution is 0.0993. The Bertz CT molecular complexity index is 758. The second-order valence-electron chi connectivity index (χ2n) is 4.79. The zero-order valence-corrected chi connectivity index (χ0v) is 13.3. The molecule has 0 heterocycles. The summed E-state index contributed by atoms with van der Waals surface area (Å²) >= 11 is 0. The number of carbonyl (C=O) groups excluding carboxylic acids is 1. The first-order valence-electron chi connectivity index (χ1n) is 6.86. The molecule has 22 heavy (non-hydrogen) atoms. The van der Waals surface area contributed by atoms with E-state index >= 15 is 0 Å². The molecule has 2 rings (SSSR count). The predicted molar refractivity (Wildman–Crippen MR) is 88.7 cm³/mol. The molecule has 0 atom stereocenters. The fraction of sp³-hybridized carbons (Fsp3) is 0.188. The van der Waals surface area contributed by atoms with E-state index in [9.17, 15) is 13.2 Å². The summed E-state index contributed by atoms with van der Waals surface area (Å²) in [6, 6.07) is 15.7. The van der Waals surface area contributed by atoms with Gasteiger partial charge in [0.2, 0.25) is 10.0 Å². The molecule has 0 saturated carbocycles. The summed E-state index contributed by atoms with van der Waals surface area (Å²) in [6.45, 7) is 1.56. The SMILES string of the molecule is CCS(=O)(=O)Nc1cccc(C(=O)N(C)c2ccccc2)c1. The van der Waals surface area contributed by atoms with E-state index in [1.54, 1.807) is 32.2 Å². The summed E-state index contributed by atoms with van der Waals surface area (Å²) in [5.74, 6) is -0.224. The second-order valence-corrected chi connectivity index (χ2v) is 6.80. The van der Waals surface area contributed by atoms with E-state index in [2.05, 4.69) is 4.72 Å². The molecule has 0 aliphatic heterocycles. The summed E-state index contributed by atoms with van der Waals surface area (Å²) in [5.41, 5.74) is 1.57. The van der Waals surface area contributed by atoms with Gasteiger partial charge >= 0.3 is 0 Å². The summed E-state index contributed by atoms with van der Waals surface area (Å²) < 4.78 is 25.6. The molecular weight excluding hydrogens is 300 g/mol. The van der Waals surface area contributed by atoms with Gasteiger partial charge in [0.25, 0.3) is 5.91 Å². The van der Waals surface area contributed by atoms with Gasteiger partial charge in [0.15, 0.2) is 0 Å². The van der Waals surface area contributed by atoms with Crippen molar-refractivity contribution in [1.29, 1.82) is 0 Å². The molecule has 2 aromatic rings. The Kier molecular flexibility index (Phi) is 4.82. The lowest BCUT2D eigenvalue weighted by Crippen LogP contribution is -2.26. The number of hydrogen-bond donors (Lipinski definition) is 1. The average molecular weight is 318 g/mol. The van der Waals surface area contributed by atoms with Gasteiger partial charge in [-0.2, -0.15) is 0 Å². The van der Waals surface area contributed by atoms with E-state index in [1.807, 2.05) is 30.3 Å². The minimum Gasteiger partial charge on any atom is -0.311 e. The fourth-order valence-electron chi connectivity index (χ4n) is 1.93. The Labute approximate surface area is 130 Å². The standard InChI is InChI=1S/C16H18N2O3S/c1-3-22(20,21)17-14-9-7-8-13(12-14)16(19)18(2)15-10-5-4-6-11-15/h4-12,17H,3H2,1-2H3. The lowest BCUT2D eigenvalue weighted by Gasteiger charge is -2.17. The van der Waals surface area contributed by atoms with Crippen molar-refractivity contribution in [3.05, 3.63) is 60.2 Å². The van der Waals surface area contributed by atoms with E-state index < -0.39 is 10.0 Å². The van der Waals surface area contributed by atoms with Gasteiger partial charge in [0.05, 0.1) is 5.75 Å². The summed E-state index contributed by atoms with van der Waals surface area (Å²) in [5, 5.41) is 0. The number of sulfonamides is 1. The molecule has 0 aliphatic rings. The molecule has 0 radical (unpaired) electrons. The van der Waals surface area contributed by atoms with Crippen LogP contribution in [0.15, 0.2) is 54.6 Å². The van der Waals surface area contributed by atoms with Gasteiger partial charge in [-0.05, 0) is 37.3 Å². The third kappa shape index (κ3) is 3.85. The molecule has 0 aromatic heterocycles. The number of para-hydroxylation sites is 1. The Hall–Kier alpha value is -2.34. The Morgan fingerprint density at radius 1 is 1.09 bits per heavy atom. The number of amides is 1. The van der Waals surface area contributed by atoms with E-state index in [0.717, 1.165) is 5.69 Å². The topological polar surface area (TPSA) is 66.5 Å². The second kappa shape index (κ2) is 6.62. The molecule has 2 aromatic carbocycles. The van der Waals surface area contributed by atoms with Crippen LogP contribution < -0.4 is 9.62 Å². The normalized spacial score (nSPS) is 11.0. The van der Waals surface area contributed by atoms with Gasteiger partial charge in [-0.25, -0.2) is 8.42 Å². The summed E-state index contributed by atoms with van der Waals surface area (Å²) in [6.07, 6.45) is 0. The molecule has 6 heteroatoms. The highest BCUT2D eigenvalue weighted by Gasteiger charge is 2.14. The van der Waals surface area contributed by atoms with E-state index in [-0.39, 0.29) is 11.7 Å². The van der Waals surface area contributed by atoms with Crippen molar-refractivity contribution < 1.29 is 13.2 Å². The molecule has 1 N–H and O–H groups in total. The van der Waals surface area contributed by atoms with Crippen molar-refractivity contribution in [3.8, 4) is 0 Å². The van der Waals surface area contributed by atoms with Crippen molar-refractivity contribution >= 4 is 27.3 Å². The van der Waals surface area contributed by atoms with Crippen molar-refractivity contribution in [2.75, 3.05) is 22.4 Å². The van der Waals surface area contributed by atoms with Crippen LogP contribution in [-0.2, 0) is 10.0 Å². The zero-order chi connectivity index (χ0) is 16.2. The first-order chi connectivity index (χ1) is 10.4. The zero-order valence-electron chi connectivity index (χ0n) is 12.5. The quantitative estimate of drug-likeness (QED) is 0.922. The van der Waals surface area contributed by atoms with E-state index in [0.29, 0.717) is 11.3 Å². The number of anilines is 2. The first kappa shape index (κ1) is 16.0. The maximum atomic E-state index is 12.5. The number of nitrogens with zero attached hydrogens (tertiary/aromatic N) is 1. The third-order valence-electron chi connectivity index (χ3n) is 3.21. The molecule has 0 bridgehead atoms. The lowest BCUT2D eigenvalue weighted by atomic mass is 10.1. The van der Waals surface area contributed by atoms with Gasteiger partial charge in [-0.15, -0.1) is 0 Å². The van der Waals surface area contributed by atoms with Gasteiger partial charge in [0.1, 0.15) is 0 Å². The van der Waals surface area contributed by atoms with Crippen LogP contribution in [0.5, 0.6) is 0 Å². The van der Waals surface area contributed by atoms with Crippen LogP contribution >= 0.6 is 0 Å². The smallest absolute Gasteiger partial charge is 0.258 e. The molecule has 0 saturated heterocycles. The fourth-order valence-corrected chi connectivity index (χ4v) is 2.56. The number of carbonyl (C=O) groups is 1. The first-order valence-corrected chi connectivity index (χ1v) is 8.52. The van der Waals surface area contributed by atoms with E-state index in [1.165, 1.54) is 11.0 Å². The third-order valence-corrected chi connectivity index (χ3v) is 4.52. The van der Waals surface area contributed by atoms with Crippen molar-refractivity contribution in [1.82, 2.24) is 0 Å². The summed E-state index contributed by atoms with van der Waals surface area (Å²) in [4.78, 5) is 14.0. The van der Waals surface area contributed by atoms with Gasteiger partial charge < -0.3 is 4.90 Å². The van der Waals surface area contributed by atoms with Crippen LogP contribution in [0.2, 0.25) is 0 Å². The molecule has 0 unspecified atom stereocenters. The highest BCUT2D eigenvalue weighted by Crippen LogP contribution is 2.18. The van der Waals surface area contributed by atoms with Crippen LogP contribution in [0, 0.1) is 0 Å². The molecule has 5 nitrogen and oxygen atoms in total. The van der Waals surface area contributed by atoms with Crippen LogP contribution in [0.3, 0.4) is 0 Å². The molecular formula is C16H18N2O3S.